The third-order valence-corrected chi connectivity index (χ3v) is 5.38. The van der Waals surface area contributed by atoms with Gasteiger partial charge < -0.3 is 9.47 Å². The fourth-order valence-electron chi connectivity index (χ4n) is 2.93. The van der Waals surface area contributed by atoms with Crippen molar-refractivity contribution in [3.05, 3.63) is 58.6 Å². The number of terminal acetylenes is 1. The minimum Gasteiger partial charge on any atom is -0.372 e. The van der Waals surface area contributed by atoms with E-state index in [1.54, 1.807) is 22.8 Å². The monoisotopic (exact) mass is 381 g/mol. The lowest BCUT2D eigenvalue weighted by Crippen LogP contribution is -2.21. The van der Waals surface area contributed by atoms with Gasteiger partial charge >= 0.3 is 0 Å². The van der Waals surface area contributed by atoms with Crippen molar-refractivity contribution in [3.63, 3.8) is 0 Å². The summed E-state index contributed by atoms with van der Waals surface area (Å²) in [5.74, 6) is 1.88. The van der Waals surface area contributed by atoms with Gasteiger partial charge in [-0.25, -0.2) is 4.39 Å². The van der Waals surface area contributed by atoms with Crippen LogP contribution in [0, 0.1) is 18.2 Å². The Balaban J connectivity index is 2.00. The van der Waals surface area contributed by atoms with E-state index in [1.165, 1.54) is 23.5 Å². The lowest BCUT2D eigenvalue weighted by Gasteiger charge is -2.20. The first-order valence-corrected chi connectivity index (χ1v) is 9.55. The summed E-state index contributed by atoms with van der Waals surface area (Å²) in [6.07, 6.45) is 5.45. The number of thiazole rings is 1. The molecular weight excluding hydrogens is 361 g/mol. The van der Waals surface area contributed by atoms with Crippen molar-refractivity contribution in [1.29, 1.82) is 0 Å². The van der Waals surface area contributed by atoms with Crippen molar-refractivity contribution >= 4 is 33.1 Å². The average molecular weight is 381 g/mol. The highest BCUT2D eigenvalue weighted by atomic mass is 32.1. The van der Waals surface area contributed by atoms with Crippen LogP contribution in [0.25, 0.3) is 10.2 Å². The molecule has 0 saturated heterocycles. The highest BCUT2D eigenvalue weighted by molar-refractivity contribution is 7.16. The molecule has 0 spiro atoms. The average Bonchev–Trinajstić information content (AvgIpc) is 3.00. The number of nitrogens with zero attached hydrogens (tertiary/aromatic N) is 3. The van der Waals surface area contributed by atoms with Gasteiger partial charge in [-0.05, 0) is 56.3 Å². The number of benzene rings is 2. The first-order valence-electron chi connectivity index (χ1n) is 8.73. The van der Waals surface area contributed by atoms with Crippen LogP contribution in [0.3, 0.4) is 0 Å². The quantitative estimate of drug-likeness (QED) is 0.625. The number of fused-ring (bicyclic) bond motifs is 1. The molecule has 0 N–H and O–H groups in total. The number of carbonyl (C=O) groups is 1. The fourth-order valence-corrected chi connectivity index (χ4v) is 3.98. The molecule has 0 bridgehead atoms. The number of hydrogen-bond donors (Lipinski definition) is 0. The predicted molar refractivity (Wildman–Crippen MR) is 109 cm³/mol. The van der Waals surface area contributed by atoms with Crippen molar-refractivity contribution < 1.29 is 9.18 Å². The Morgan fingerprint density at radius 2 is 1.93 bits per heavy atom. The Labute approximate surface area is 161 Å². The topological polar surface area (TPSA) is 37.6 Å². The van der Waals surface area contributed by atoms with Crippen molar-refractivity contribution in [2.75, 3.05) is 18.0 Å². The van der Waals surface area contributed by atoms with Gasteiger partial charge in [0.2, 0.25) is 0 Å². The van der Waals surface area contributed by atoms with Crippen molar-refractivity contribution in [2.45, 2.75) is 20.4 Å². The minimum atomic E-state index is -0.348. The second-order valence-electron chi connectivity index (χ2n) is 5.92. The molecule has 6 heteroatoms. The van der Waals surface area contributed by atoms with Crippen LogP contribution in [0.4, 0.5) is 10.1 Å². The zero-order valence-corrected chi connectivity index (χ0v) is 16.1. The molecule has 4 nitrogen and oxygen atoms in total. The molecule has 3 aromatic rings. The molecular formula is C21H20FN3OS. The van der Waals surface area contributed by atoms with E-state index >= 15 is 0 Å². The number of halogens is 1. The number of carbonyl (C=O) groups excluding carboxylic acids is 1. The third-order valence-electron chi connectivity index (χ3n) is 4.33. The lowest BCUT2D eigenvalue weighted by atomic mass is 10.2. The van der Waals surface area contributed by atoms with Crippen LogP contribution < -0.4 is 9.70 Å². The fraction of sp³-hybridized carbons (Fsp3) is 0.238. The van der Waals surface area contributed by atoms with E-state index in [0.29, 0.717) is 15.1 Å². The van der Waals surface area contributed by atoms with Crippen LogP contribution in [0.1, 0.15) is 24.2 Å². The van der Waals surface area contributed by atoms with Gasteiger partial charge in [-0.2, -0.15) is 4.99 Å². The zero-order chi connectivity index (χ0) is 19.4. The Hall–Kier alpha value is -2.91. The number of amides is 1. The van der Waals surface area contributed by atoms with Gasteiger partial charge in [0, 0.05) is 24.3 Å². The molecule has 3 rings (SSSR count). The van der Waals surface area contributed by atoms with Gasteiger partial charge in [0.15, 0.2) is 4.80 Å². The summed E-state index contributed by atoms with van der Waals surface area (Å²) in [4.78, 5) is 19.5. The van der Waals surface area contributed by atoms with Gasteiger partial charge in [0.25, 0.3) is 5.91 Å². The van der Waals surface area contributed by atoms with Crippen LogP contribution in [0.2, 0.25) is 0 Å². The van der Waals surface area contributed by atoms with Gasteiger partial charge in [-0.3, -0.25) is 4.79 Å². The summed E-state index contributed by atoms with van der Waals surface area (Å²) in [6, 6.07) is 11.9. The highest BCUT2D eigenvalue weighted by Crippen LogP contribution is 2.19. The smallest absolute Gasteiger partial charge is 0.279 e. The van der Waals surface area contributed by atoms with E-state index in [1.807, 2.05) is 12.1 Å². The number of anilines is 1. The second kappa shape index (κ2) is 8.19. The van der Waals surface area contributed by atoms with Crippen molar-refractivity contribution in [3.8, 4) is 12.3 Å². The van der Waals surface area contributed by atoms with Gasteiger partial charge in [-0.15, -0.1) is 6.42 Å². The van der Waals surface area contributed by atoms with E-state index in [-0.39, 0.29) is 18.3 Å². The van der Waals surface area contributed by atoms with E-state index in [0.717, 1.165) is 24.3 Å². The summed E-state index contributed by atoms with van der Waals surface area (Å²) in [5, 5.41) is 0. The molecule has 0 aliphatic carbocycles. The molecule has 0 saturated carbocycles. The predicted octanol–water partition coefficient (Wildman–Crippen LogP) is 4.06. The Bertz CT molecular complexity index is 1070. The van der Waals surface area contributed by atoms with E-state index in [2.05, 4.69) is 29.7 Å². The summed E-state index contributed by atoms with van der Waals surface area (Å²) in [7, 11) is 0. The molecule has 1 aromatic heterocycles. The second-order valence-corrected chi connectivity index (χ2v) is 6.93. The summed E-state index contributed by atoms with van der Waals surface area (Å²) in [5.41, 5.74) is 2.33. The van der Waals surface area contributed by atoms with Crippen LogP contribution >= 0.6 is 11.3 Å². The number of aromatic nitrogens is 1. The molecule has 1 heterocycles. The zero-order valence-electron chi connectivity index (χ0n) is 15.3. The van der Waals surface area contributed by atoms with Crippen molar-refractivity contribution in [1.82, 2.24) is 4.57 Å². The van der Waals surface area contributed by atoms with Crippen LogP contribution in [-0.2, 0) is 6.54 Å². The Morgan fingerprint density at radius 3 is 2.56 bits per heavy atom. The molecule has 0 atom stereocenters. The maximum absolute atomic E-state index is 13.5. The van der Waals surface area contributed by atoms with E-state index in [4.69, 9.17) is 6.42 Å². The molecule has 138 valence electrons. The van der Waals surface area contributed by atoms with Gasteiger partial charge in [0.1, 0.15) is 5.82 Å². The molecule has 0 aliphatic heterocycles. The maximum atomic E-state index is 13.5. The standard InChI is InChI=1S/C21H20FN3OS/c1-4-13-25-18-12-9-16(22)14-19(18)27-21(25)23-20(26)15-7-10-17(11-8-15)24(5-2)6-3/h1,7-12,14H,5-6,13H2,2-3H3. The first-order chi connectivity index (χ1) is 13.1. The molecule has 0 unspecified atom stereocenters. The molecule has 27 heavy (non-hydrogen) atoms. The van der Waals surface area contributed by atoms with E-state index < -0.39 is 0 Å². The molecule has 0 fully saturated rings. The van der Waals surface area contributed by atoms with Crippen LogP contribution in [0.5, 0.6) is 0 Å². The first kappa shape index (κ1) is 18.9. The van der Waals surface area contributed by atoms with E-state index in [9.17, 15) is 9.18 Å². The Kier molecular flexibility index (Phi) is 5.72. The third kappa shape index (κ3) is 3.93. The van der Waals surface area contributed by atoms with Gasteiger partial charge in [0.05, 0.1) is 16.8 Å². The van der Waals surface area contributed by atoms with Crippen LogP contribution in [-0.4, -0.2) is 23.6 Å². The number of hydrogen-bond acceptors (Lipinski definition) is 3. The molecule has 1 amide bonds. The van der Waals surface area contributed by atoms with Crippen molar-refractivity contribution in [2.24, 2.45) is 4.99 Å². The molecule has 2 aromatic carbocycles. The highest BCUT2D eigenvalue weighted by Gasteiger charge is 2.10. The minimum absolute atomic E-state index is 0.263. The normalized spacial score (nSPS) is 11.6. The summed E-state index contributed by atoms with van der Waals surface area (Å²) in [6.45, 7) is 6.24. The number of rotatable bonds is 5. The maximum Gasteiger partial charge on any atom is 0.279 e. The van der Waals surface area contributed by atoms with Gasteiger partial charge in [-0.1, -0.05) is 17.3 Å². The summed E-state index contributed by atoms with van der Waals surface area (Å²) >= 11 is 1.25. The summed E-state index contributed by atoms with van der Waals surface area (Å²) < 4.78 is 16.0. The van der Waals surface area contributed by atoms with Crippen LogP contribution in [0.15, 0.2) is 47.5 Å². The Morgan fingerprint density at radius 1 is 1.22 bits per heavy atom. The SMILES string of the molecule is C#CCn1c(=NC(=O)c2ccc(N(CC)CC)cc2)sc2cc(F)ccc21. The largest absolute Gasteiger partial charge is 0.372 e. The molecule has 0 aliphatic rings. The molecule has 0 radical (unpaired) electrons. The lowest BCUT2D eigenvalue weighted by molar-refractivity contribution is 0.0998.